The molecule has 3 aromatic carbocycles. The monoisotopic (exact) mass is 582 g/mol. The van der Waals surface area contributed by atoms with Crippen molar-refractivity contribution in [1.82, 2.24) is 0 Å². The Morgan fingerprint density at radius 2 is 1.74 bits per heavy atom. The topological polar surface area (TPSA) is 46.5 Å². The van der Waals surface area contributed by atoms with Gasteiger partial charge in [-0.15, -0.1) is 0 Å². The van der Waals surface area contributed by atoms with Gasteiger partial charge in [0.2, 0.25) is 0 Å². The van der Waals surface area contributed by atoms with Gasteiger partial charge in [-0.05, 0) is 80.2 Å². The molecule has 0 bridgehead atoms. The Labute approximate surface area is 223 Å². The lowest BCUT2D eigenvalue weighted by Crippen LogP contribution is -2.05. The van der Waals surface area contributed by atoms with E-state index in [0.717, 1.165) is 60.0 Å². The average Bonchev–Trinajstić information content (AvgIpc) is 2.86. The zero-order valence-electron chi connectivity index (χ0n) is 20.5. The highest BCUT2D eigenvalue weighted by Crippen LogP contribution is 2.24. The van der Waals surface area contributed by atoms with Gasteiger partial charge in [0.1, 0.15) is 5.75 Å². The van der Waals surface area contributed by atoms with E-state index in [1.165, 1.54) is 17.5 Å². The number of benzene rings is 3. The van der Waals surface area contributed by atoms with Gasteiger partial charge >= 0.3 is 5.97 Å². The third-order valence-corrected chi connectivity index (χ3v) is 6.80. The zero-order valence-corrected chi connectivity index (χ0v) is 22.6. The molecule has 0 amide bonds. The largest absolute Gasteiger partial charge is 0.493 e. The van der Waals surface area contributed by atoms with Crippen molar-refractivity contribution < 1.29 is 14.6 Å². The summed E-state index contributed by atoms with van der Waals surface area (Å²) >= 11 is 2.42. The summed E-state index contributed by atoms with van der Waals surface area (Å²) in [5, 5.41) is 9.29. The van der Waals surface area contributed by atoms with Crippen molar-refractivity contribution >= 4 is 34.6 Å². The van der Waals surface area contributed by atoms with E-state index < -0.39 is 5.97 Å². The second kappa shape index (κ2) is 14.7. The van der Waals surface area contributed by atoms with Gasteiger partial charge in [0.25, 0.3) is 0 Å². The van der Waals surface area contributed by atoms with Crippen LogP contribution in [0.2, 0.25) is 0 Å². The van der Waals surface area contributed by atoms with Crippen LogP contribution in [0.4, 0.5) is 0 Å². The van der Waals surface area contributed by atoms with Crippen molar-refractivity contribution in [3.63, 3.8) is 0 Å². The second-order valence-corrected chi connectivity index (χ2v) is 10.0. The summed E-state index contributed by atoms with van der Waals surface area (Å²) in [6, 6.07) is 24.5. The van der Waals surface area contributed by atoms with Gasteiger partial charge in [-0.3, -0.25) is 0 Å². The Morgan fingerprint density at radius 3 is 2.49 bits per heavy atom. The smallest absolute Gasteiger partial charge is 0.335 e. The molecular formula is C31H35IO3. The van der Waals surface area contributed by atoms with E-state index >= 15 is 0 Å². The molecule has 0 heterocycles. The molecular weight excluding hydrogens is 547 g/mol. The molecule has 0 aliphatic carbocycles. The van der Waals surface area contributed by atoms with Crippen LogP contribution in [0.1, 0.15) is 58.3 Å². The number of aryl methyl sites for hydroxylation is 2. The average molecular weight is 583 g/mol. The highest BCUT2D eigenvalue weighted by atomic mass is 127. The fourth-order valence-electron chi connectivity index (χ4n) is 4.23. The molecule has 0 saturated heterocycles. The van der Waals surface area contributed by atoms with Crippen molar-refractivity contribution in [2.75, 3.05) is 11.0 Å². The minimum absolute atomic E-state index is 0.376. The third kappa shape index (κ3) is 9.17. The first-order valence-corrected chi connectivity index (χ1v) is 13.9. The molecule has 3 nitrogen and oxygen atoms in total. The van der Waals surface area contributed by atoms with E-state index in [1.807, 2.05) is 37.3 Å². The van der Waals surface area contributed by atoms with E-state index in [2.05, 4.69) is 71.1 Å². The van der Waals surface area contributed by atoms with Crippen molar-refractivity contribution in [1.29, 1.82) is 0 Å². The summed E-state index contributed by atoms with van der Waals surface area (Å²) in [6.45, 7) is 2.59. The first-order chi connectivity index (χ1) is 17.1. The summed E-state index contributed by atoms with van der Waals surface area (Å²) in [7, 11) is 0. The second-order valence-electron chi connectivity index (χ2n) is 8.94. The van der Waals surface area contributed by atoms with Gasteiger partial charge in [-0.1, -0.05) is 95.4 Å². The van der Waals surface area contributed by atoms with Gasteiger partial charge in [-0.2, -0.15) is 0 Å². The lowest BCUT2D eigenvalue weighted by molar-refractivity contribution is 0.0696. The predicted molar refractivity (Wildman–Crippen MR) is 154 cm³/mol. The van der Waals surface area contributed by atoms with Crippen molar-refractivity contribution in [3.05, 3.63) is 107 Å². The van der Waals surface area contributed by atoms with E-state index in [0.29, 0.717) is 11.5 Å². The maximum absolute atomic E-state index is 11.3. The van der Waals surface area contributed by atoms with Crippen LogP contribution in [-0.2, 0) is 12.8 Å². The van der Waals surface area contributed by atoms with Crippen LogP contribution in [0.25, 0.3) is 6.08 Å². The van der Waals surface area contributed by atoms with Crippen LogP contribution < -0.4 is 4.74 Å². The van der Waals surface area contributed by atoms with Crippen molar-refractivity contribution in [2.24, 2.45) is 5.92 Å². The Kier molecular flexibility index (Phi) is 11.4. The molecule has 0 saturated carbocycles. The molecule has 1 N–H and O–H groups in total. The summed E-state index contributed by atoms with van der Waals surface area (Å²) in [6.07, 6.45) is 10.9. The zero-order chi connectivity index (χ0) is 24.9. The fourth-order valence-corrected chi connectivity index (χ4v) is 5.03. The number of hydrogen-bond acceptors (Lipinski definition) is 2. The van der Waals surface area contributed by atoms with Gasteiger partial charge in [0.15, 0.2) is 0 Å². The molecule has 1 unspecified atom stereocenters. The molecule has 3 rings (SSSR count). The highest BCUT2D eigenvalue weighted by molar-refractivity contribution is 14.1. The standard InChI is InChI=1S/C31H35IO3/c1-24-22-27(16-18-29(24)31(33)34)23-26(19-20-32)15-17-28-13-7-8-14-30(28)35-21-9-3-6-12-25-10-4-2-5-11-25/h2,4-5,7-8,10-11,13-18,22,26H,3,6,9,12,19-21,23H2,1H3,(H,33,34)/b17-15+. The predicted octanol–water partition coefficient (Wildman–Crippen LogP) is 8.18. The van der Waals surface area contributed by atoms with E-state index in [1.54, 1.807) is 6.07 Å². The van der Waals surface area contributed by atoms with Crippen LogP contribution in [0.15, 0.2) is 78.9 Å². The summed E-state index contributed by atoms with van der Waals surface area (Å²) in [4.78, 5) is 11.3. The number of hydrogen-bond donors (Lipinski definition) is 1. The number of rotatable bonds is 14. The Bertz CT molecular complexity index is 1090. The number of halogens is 1. The Hall–Kier alpha value is -2.60. The van der Waals surface area contributed by atoms with Gasteiger partial charge in [-0.25, -0.2) is 4.79 Å². The first kappa shape index (κ1) is 27.0. The Balaban J connectivity index is 1.53. The molecule has 0 spiro atoms. The van der Waals surface area contributed by atoms with Crippen LogP contribution in [0.3, 0.4) is 0 Å². The maximum Gasteiger partial charge on any atom is 0.335 e. The van der Waals surface area contributed by atoms with Crippen LogP contribution in [-0.4, -0.2) is 22.1 Å². The van der Waals surface area contributed by atoms with Crippen LogP contribution in [0.5, 0.6) is 5.75 Å². The maximum atomic E-state index is 11.3. The molecule has 0 fully saturated rings. The molecule has 1 atom stereocenters. The van der Waals surface area contributed by atoms with Crippen LogP contribution in [0, 0.1) is 12.8 Å². The number of alkyl halides is 1. The lowest BCUT2D eigenvalue weighted by Gasteiger charge is -2.14. The number of carbonyl (C=O) groups is 1. The number of aromatic carboxylic acids is 1. The molecule has 184 valence electrons. The highest BCUT2D eigenvalue weighted by Gasteiger charge is 2.11. The lowest BCUT2D eigenvalue weighted by atomic mass is 9.93. The molecule has 0 aliphatic heterocycles. The molecule has 3 aromatic rings. The third-order valence-electron chi connectivity index (χ3n) is 6.18. The minimum Gasteiger partial charge on any atom is -0.493 e. The first-order valence-electron chi connectivity index (χ1n) is 12.4. The number of ether oxygens (including phenoxy) is 1. The number of unbranched alkanes of at least 4 members (excludes halogenated alkanes) is 2. The molecule has 0 aliphatic rings. The fraction of sp³-hybridized carbons (Fsp3) is 0.323. The quantitative estimate of drug-likeness (QED) is 0.119. The summed E-state index contributed by atoms with van der Waals surface area (Å²) < 4.78 is 7.21. The summed E-state index contributed by atoms with van der Waals surface area (Å²) in [5.41, 5.74) is 4.87. The van der Waals surface area contributed by atoms with E-state index in [9.17, 15) is 9.90 Å². The number of carboxylic acid groups (broad SMARTS) is 1. The van der Waals surface area contributed by atoms with E-state index in [-0.39, 0.29) is 0 Å². The van der Waals surface area contributed by atoms with Gasteiger partial charge < -0.3 is 9.84 Å². The normalized spacial score (nSPS) is 12.1. The molecule has 0 radical (unpaired) electrons. The molecule has 0 aromatic heterocycles. The number of carboxylic acids is 1. The Morgan fingerprint density at radius 1 is 0.971 bits per heavy atom. The van der Waals surface area contributed by atoms with Crippen molar-refractivity contribution in [2.45, 2.75) is 45.4 Å². The number of para-hydroxylation sites is 1. The SMILES string of the molecule is Cc1cc(CC(/C=C/c2ccccc2OCCCCCc2ccccc2)CCI)ccc1C(=O)O. The molecule has 4 heteroatoms. The van der Waals surface area contributed by atoms with Gasteiger partial charge in [0.05, 0.1) is 12.2 Å². The van der Waals surface area contributed by atoms with Crippen LogP contribution >= 0.6 is 22.6 Å². The minimum atomic E-state index is -0.870. The van der Waals surface area contributed by atoms with E-state index in [4.69, 9.17) is 4.74 Å². The van der Waals surface area contributed by atoms with Crippen molar-refractivity contribution in [3.8, 4) is 5.75 Å². The molecule has 35 heavy (non-hydrogen) atoms. The number of allylic oxidation sites excluding steroid dienone is 1. The van der Waals surface area contributed by atoms with Gasteiger partial charge in [0, 0.05) is 9.99 Å². The summed E-state index contributed by atoms with van der Waals surface area (Å²) in [5.74, 6) is 0.445.